The summed E-state index contributed by atoms with van der Waals surface area (Å²) in [5.41, 5.74) is 3.66. The third-order valence-electron chi connectivity index (χ3n) is 5.06. The molecule has 3 rings (SSSR count). The molecule has 1 heterocycles. The number of anilines is 2. The van der Waals surface area contributed by atoms with E-state index in [4.69, 9.17) is 0 Å². The maximum atomic E-state index is 12.7. The maximum absolute atomic E-state index is 12.7. The average Bonchev–Trinajstić information content (AvgIpc) is 2.68. The number of benzene rings is 2. The Morgan fingerprint density at radius 3 is 2.15 bits per heavy atom. The molecule has 2 aromatic rings. The Morgan fingerprint density at radius 2 is 1.56 bits per heavy atom. The van der Waals surface area contributed by atoms with Crippen molar-refractivity contribution in [2.75, 3.05) is 36.4 Å². The molecule has 142 valence electrons. The molecule has 0 unspecified atom stereocenters. The SMILES string of the molecule is CC(=O)N1CCN(c2ccccc2NC(=O)c2ccc(C(C)C)cc2)CC1. The molecule has 5 heteroatoms. The topological polar surface area (TPSA) is 52.7 Å². The zero-order valence-corrected chi connectivity index (χ0v) is 16.2. The molecule has 0 bridgehead atoms. The minimum Gasteiger partial charge on any atom is -0.366 e. The zero-order valence-electron chi connectivity index (χ0n) is 16.2. The Balaban J connectivity index is 1.72. The van der Waals surface area contributed by atoms with Gasteiger partial charge in [-0.1, -0.05) is 38.1 Å². The third-order valence-corrected chi connectivity index (χ3v) is 5.06. The van der Waals surface area contributed by atoms with Gasteiger partial charge in [0.25, 0.3) is 5.91 Å². The van der Waals surface area contributed by atoms with E-state index in [9.17, 15) is 9.59 Å². The minimum atomic E-state index is -0.111. The fourth-order valence-corrected chi connectivity index (χ4v) is 3.33. The zero-order chi connectivity index (χ0) is 19.4. The molecular formula is C22H27N3O2. The van der Waals surface area contributed by atoms with Crippen LogP contribution in [0.15, 0.2) is 48.5 Å². The van der Waals surface area contributed by atoms with Crippen LogP contribution < -0.4 is 10.2 Å². The van der Waals surface area contributed by atoms with Gasteiger partial charge >= 0.3 is 0 Å². The Hall–Kier alpha value is -2.82. The average molecular weight is 365 g/mol. The molecule has 0 saturated carbocycles. The van der Waals surface area contributed by atoms with Crippen LogP contribution in [0, 0.1) is 0 Å². The van der Waals surface area contributed by atoms with Gasteiger partial charge in [-0.25, -0.2) is 0 Å². The third kappa shape index (κ3) is 4.48. The first kappa shape index (κ1) is 19.0. The number of carbonyl (C=O) groups excluding carboxylic acids is 2. The summed E-state index contributed by atoms with van der Waals surface area (Å²) in [5.74, 6) is 0.442. The Labute approximate surface area is 161 Å². The van der Waals surface area contributed by atoms with E-state index in [1.54, 1.807) is 6.92 Å². The van der Waals surface area contributed by atoms with Crippen LogP contribution in [-0.4, -0.2) is 42.9 Å². The Morgan fingerprint density at radius 1 is 0.926 bits per heavy atom. The first-order chi connectivity index (χ1) is 13.0. The maximum Gasteiger partial charge on any atom is 0.255 e. The number of piperazine rings is 1. The van der Waals surface area contributed by atoms with Crippen molar-refractivity contribution in [2.24, 2.45) is 0 Å². The highest BCUT2D eigenvalue weighted by atomic mass is 16.2. The molecular weight excluding hydrogens is 338 g/mol. The van der Waals surface area contributed by atoms with E-state index >= 15 is 0 Å². The highest BCUT2D eigenvalue weighted by Gasteiger charge is 2.21. The lowest BCUT2D eigenvalue weighted by molar-refractivity contribution is -0.129. The van der Waals surface area contributed by atoms with Gasteiger partial charge < -0.3 is 15.1 Å². The van der Waals surface area contributed by atoms with Crippen molar-refractivity contribution < 1.29 is 9.59 Å². The molecule has 0 atom stereocenters. The van der Waals surface area contributed by atoms with E-state index < -0.39 is 0 Å². The number of nitrogens with one attached hydrogen (secondary N) is 1. The number of carbonyl (C=O) groups is 2. The smallest absolute Gasteiger partial charge is 0.255 e. The second-order valence-electron chi connectivity index (χ2n) is 7.24. The second kappa shape index (κ2) is 8.25. The fourth-order valence-electron chi connectivity index (χ4n) is 3.33. The van der Waals surface area contributed by atoms with Crippen molar-refractivity contribution in [2.45, 2.75) is 26.7 Å². The molecule has 27 heavy (non-hydrogen) atoms. The van der Waals surface area contributed by atoms with Gasteiger partial charge in [0.15, 0.2) is 0 Å². The van der Waals surface area contributed by atoms with Gasteiger partial charge in [-0.3, -0.25) is 9.59 Å². The first-order valence-corrected chi connectivity index (χ1v) is 9.46. The van der Waals surface area contributed by atoms with Crippen molar-refractivity contribution in [3.05, 3.63) is 59.7 Å². The van der Waals surface area contributed by atoms with Crippen LogP contribution in [0.4, 0.5) is 11.4 Å². The highest BCUT2D eigenvalue weighted by molar-refractivity contribution is 6.06. The highest BCUT2D eigenvalue weighted by Crippen LogP contribution is 2.27. The van der Waals surface area contributed by atoms with E-state index in [2.05, 4.69) is 24.1 Å². The summed E-state index contributed by atoms with van der Waals surface area (Å²) >= 11 is 0. The van der Waals surface area contributed by atoms with E-state index in [0.717, 1.165) is 24.5 Å². The summed E-state index contributed by atoms with van der Waals surface area (Å²) in [6.07, 6.45) is 0. The molecule has 2 aromatic carbocycles. The molecule has 0 spiro atoms. The van der Waals surface area contributed by atoms with E-state index in [1.807, 2.05) is 53.4 Å². The van der Waals surface area contributed by atoms with Gasteiger partial charge in [0.1, 0.15) is 0 Å². The predicted molar refractivity (Wildman–Crippen MR) is 109 cm³/mol. The standard InChI is InChI=1S/C22H27N3O2/c1-16(2)18-8-10-19(11-9-18)22(27)23-20-6-4-5-7-21(20)25-14-12-24(13-15-25)17(3)26/h4-11,16H,12-15H2,1-3H3,(H,23,27). The summed E-state index contributed by atoms with van der Waals surface area (Å²) in [7, 11) is 0. The minimum absolute atomic E-state index is 0.111. The Kier molecular flexibility index (Phi) is 5.79. The van der Waals surface area contributed by atoms with E-state index in [0.29, 0.717) is 24.6 Å². The Bertz CT molecular complexity index is 807. The molecule has 1 aliphatic rings. The monoisotopic (exact) mass is 365 g/mol. The van der Waals surface area contributed by atoms with Crippen molar-refractivity contribution >= 4 is 23.2 Å². The summed E-state index contributed by atoms with van der Waals surface area (Å²) < 4.78 is 0. The molecule has 1 aliphatic heterocycles. The lowest BCUT2D eigenvalue weighted by Crippen LogP contribution is -2.48. The molecule has 0 aromatic heterocycles. The number of rotatable bonds is 4. The van der Waals surface area contributed by atoms with Crippen LogP contribution in [0.2, 0.25) is 0 Å². The van der Waals surface area contributed by atoms with Gasteiger partial charge in [-0.2, -0.15) is 0 Å². The van der Waals surface area contributed by atoms with Gasteiger partial charge in [0.05, 0.1) is 11.4 Å². The quantitative estimate of drug-likeness (QED) is 0.898. The van der Waals surface area contributed by atoms with Gasteiger partial charge in [-0.15, -0.1) is 0 Å². The van der Waals surface area contributed by atoms with Crippen LogP contribution in [0.3, 0.4) is 0 Å². The lowest BCUT2D eigenvalue weighted by Gasteiger charge is -2.36. The molecule has 2 amide bonds. The molecule has 5 nitrogen and oxygen atoms in total. The van der Waals surface area contributed by atoms with Crippen LogP contribution >= 0.6 is 0 Å². The normalized spacial score (nSPS) is 14.4. The number of nitrogens with zero attached hydrogens (tertiary/aromatic N) is 2. The predicted octanol–water partition coefficient (Wildman–Crippen LogP) is 3.73. The number of hydrogen-bond acceptors (Lipinski definition) is 3. The van der Waals surface area contributed by atoms with Crippen LogP contribution in [0.5, 0.6) is 0 Å². The molecule has 1 fully saturated rings. The summed E-state index contributed by atoms with van der Waals surface area (Å²) in [6, 6.07) is 15.6. The molecule has 0 radical (unpaired) electrons. The van der Waals surface area contributed by atoms with E-state index in [-0.39, 0.29) is 11.8 Å². The molecule has 1 N–H and O–H groups in total. The largest absolute Gasteiger partial charge is 0.366 e. The molecule has 1 saturated heterocycles. The fraction of sp³-hybridized carbons (Fsp3) is 0.364. The lowest BCUT2D eigenvalue weighted by atomic mass is 10.0. The van der Waals surface area contributed by atoms with Crippen LogP contribution in [0.1, 0.15) is 42.6 Å². The van der Waals surface area contributed by atoms with Crippen molar-refractivity contribution in [1.82, 2.24) is 4.90 Å². The van der Waals surface area contributed by atoms with Crippen LogP contribution in [0.25, 0.3) is 0 Å². The van der Waals surface area contributed by atoms with Gasteiger partial charge in [0.2, 0.25) is 5.91 Å². The molecule has 0 aliphatic carbocycles. The van der Waals surface area contributed by atoms with Crippen molar-refractivity contribution in [3.8, 4) is 0 Å². The number of para-hydroxylation sites is 2. The van der Waals surface area contributed by atoms with Crippen LogP contribution in [-0.2, 0) is 4.79 Å². The number of hydrogen-bond donors (Lipinski definition) is 1. The van der Waals surface area contributed by atoms with Crippen molar-refractivity contribution in [1.29, 1.82) is 0 Å². The van der Waals surface area contributed by atoms with Gasteiger partial charge in [0, 0.05) is 38.7 Å². The van der Waals surface area contributed by atoms with Crippen molar-refractivity contribution in [3.63, 3.8) is 0 Å². The number of amides is 2. The summed E-state index contributed by atoms with van der Waals surface area (Å²) in [5, 5.41) is 3.05. The van der Waals surface area contributed by atoms with E-state index in [1.165, 1.54) is 5.56 Å². The van der Waals surface area contributed by atoms with Gasteiger partial charge in [-0.05, 0) is 35.7 Å². The summed E-state index contributed by atoms with van der Waals surface area (Å²) in [4.78, 5) is 28.3. The summed E-state index contributed by atoms with van der Waals surface area (Å²) in [6.45, 7) is 8.80. The second-order valence-corrected chi connectivity index (χ2v) is 7.24. The first-order valence-electron chi connectivity index (χ1n) is 9.46.